The number of anilines is 1. The van der Waals surface area contributed by atoms with Crippen LogP contribution < -0.4 is 10.1 Å². The lowest BCUT2D eigenvalue weighted by Crippen LogP contribution is -2.17. The van der Waals surface area contributed by atoms with E-state index >= 15 is 0 Å². The number of hydrogen-bond acceptors (Lipinski definition) is 2. The maximum Gasteiger partial charge on any atom is 0.573 e. The van der Waals surface area contributed by atoms with Crippen LogP contribution in [0.2, 0.25) is 0 Å². The van der Waals surface area contributed by atoms with Crippen LogP contribution in [0.5, 0.6) is 5.75 Å². The molecule has 2 aromatic carbocycles. The van der Waals surface area contributed by atoms with Gasteiger partial charge < -0.3 is 10.1 Å². The summed E-state index contributed by atoms with van der Waals surface area (Å²) in [5, 5.41) is 3.16. The van der Waals surface area contributed by atoms with Crippen molar-refractivity contribution in [2.45, 2.75) is 19.7 Å². The number of halogens is 3. The molecular weight excluding hydrogens is 279 g/mol. The molecule has 0 aliphatic heterocycles. The van der Waals surface area contributed by atoms with E-state index in [1.54, 1.807) is 12.1 Å². The average molecular weight is 295 g/mol. The Labute approximate surface area is 121 Å². The third-order valence-electron chi connectivity index (χ3n) is 2.95. The minimum Gasteiger partial charge on any atom is -0.406 e. The second kappa shape index (κ2) is 6.52. The Morgan fingerprint density at radius 1 is 0.952 bits per heavy atom. The highest BCUT2D eigenvalue weighted by atomic mass is 19.4. The van der Waals surface area contributed by atoms with E-state index in [4.69, 9.17) is 0 Å². The van der Waals surface area contributed by atoms with Gasteiger partial charge in [0.05, 0.1) is 0 Å². The first-order valence-electron chi connectivity index (χ1n) is 6.58. The van der Waals surface area contributed by atoms with E-state index in [0.717, 1.165) is 12.1 Å². The molecule has 0 aromatic heterocycles. The molecule has 0 saturated heterocycles. The maximum absolute atomic E-state index is 12.0. The van der Waals surface area contributed by atoms with Crippen molar-refractivity contribution in [2.75, 3.05) is 11.9 Å². The molecule has 0 bridgehead atoms. The zero-order chi connectivity index (χ0) is 15.3. The van der Waals surface area contributed by atoms with Crippen LogP contribution in [0.4, 0.5) is 18.9 Å². The fraction of sp³-hybridized carbons (Fsp3) is 0.250. The summed E-state index contributed by atoms with van der Waals surface area (Å²) < 4.78 is 39.9. The standard InChI is InChI=1S/C16H16F3NO/c1-12-2-4-13(5-3-12)10-11-20-14-6-8-15(9-7-14)21-16(17,18)19/h2-9,20H,10-11H2,1H3. The zero-order valence-electron chi connectivity index (χ0n) is 11.6. The normalized spacial score (nSPS) is 11.2. The Morgan fingerprint density at radius 2 is 1.57 bits per heavy atom. The van der Waals surface area contributed by atoms with E-state index in [1.807, 2.05) is 6.92 Å². The van der Waals surface area contributed by atoms with Crippen LogP contribution in [-0.4, -0.2) is 12.9 Å². The summed E-state index contributed by atoms with van der Waals surface area (Å²) in [6.07, 6.45) is -3.80. The predicted molar refractivity (Wildman–Crippen MR) is 76.5 cm³/mol. The van der Waals surface area contributed by atoms with E-state index in [9.17, 15) is 13.2 Å². The van der Waals surface area contributed by atoms with Gasteiger partial charge in [-0.15, -0.1) is 13.2 Å². The average Bonchev–Trinajstić information content (AvgIpc) is 2.41. The third kappa shape index (κ3) is 5.38. The van der Waals surface area contributed by atoms with Gasteiger partial charge in [-0.05, 0) is 43.2 Å². The molecule has 0 saturated carbocycles. The zero-order valence-corrected chi connectivity index (χ0v) is 11.6. The topological polar surface area (TPSA) is 21.3 Å². The summed E-state index contributed by atoms with van der Waals surface area (Å²) in [7, 11) is 0. The Morgan fingerprint density at radius 3 is 2.14 bits per heavy atom. The molecule has 0 amide bonds. The second-order valence-corrected chi connectivity index (χ2v) is 4.73. The molecule has 0 fully saturated rings. The van der Waals surface area contributed by atoms with Crippen molar-refractivity contribution in [3.8, 4) is 5.75 Å². The van der Waals surface area contributed by atoms with Crippen molar-refractivity contribution in [3.63, 3.8) is 0 Å². The van der Waals surface area contributed by atoms with Crippen molar-refractivity contribution in [3.05, 3.63) is 59.7 Å². The Bertz CT molecular complexity index is 562. The van der Waals surface area contributed by atoms with Crippen LogP contribution in [0.25, 0.3) is 0 Å². The Hall–Kier alpha value is -2.17. The molecule has 112 valence electrons. The first-order chi connectivity index (χ1) is 9.92. The molecule has 0 aliphatic carbocycles. The summed E-state index contributed by atoms with van der Waals surface area (Å²) in [5.41, 5.74) is 3.19. The first-order valence-corrected chi connectivity index (χ1v) is 6.58. The predicted octanol–water partition coefficient (Wildman–Crippen LogP) is 4.55. The number of alkyl halides is 3. The van der Waals surface area contributed by atoms with Gasteiger partial charge in [-0.3, -0.25) is 0 Å². The fourth-order valence-corrected chi connectivity index (χ4v) is 1.88. The molecule has 0 heterocycles. The van der Waals surface area contributed by atoms with Crippen molar-refractivity contribution >= 4 is 5.69 Å². The number of ether oxygens (including phenoxy) is 1. The largest absolute Gasteiger partial charge is 0.573 e. The summed E-state index contributed by atoms with van der Waals surface area (Å²) in [5.74, 6) is -0.216. The molecule has 1 N–H and O–H groups in total. The van der Waals surface area contributed by atoms with Crippen LogP contribution in [0.1, 0.15) is 11.1 Å². The highest BCUT2D eigenvalue weighted by molar-refractivity contribution is 5.46. The smallest absolute Gasteiger partial charge is 0.406 e. The van der Waals surface area contributed by atoms with Crippen LogP contribution in [0, 0.1) is 6.92 Å². The third-order valence-corrected chi connectivity index (χ3v) is 2.95. The van der Waals surface area contributed by atoms with Crippen molar-refractivity contribution < 1.29 is 17.9 Å². The molecule has 0 atom stereocenters. The molecule has 21 heavy (non-hydrogen) atoms. The fourth-order valence-electron chi connectivity index (χ4n) is 1.88. The van der Waals surface area contributed by atoms with Crippen molar-refractivity contribution in [2.24, 2.45) is 0 Å². The summed E-state index contributed by atoms with van der Waals surface area (Å²) in [6, 6.07) is 14.0. The second-order valence-electron chi connectivity index (χ2n) is 4.73. The summed E-state index contributed by atoms with van der Waals surface area (Å²) in [6.45, 7) is 2.75. The molecule has 2 rings (SSSR count). The van der Waals surface area contributed by atoms with Gasteiger partial charge in [0, 0.05) is 12.2 Å². The van der Waals surface area contributed by atoms with Gasteiger partial charge in [0.25, 0.3) is 0 Å². The van der Waals surface area contributed by atoms with Crippen molar-refractivity contribution in [1.82, 2.24) is 0 Å². The lowest BCUT2D eigenvalue weighted by molar-refractivity contribution is -0.274. The number of aryl methyl sites for hydroxylation is 1. The van der Waals surface area contributed by atoms with Gasteiger partial charge in [-0.1, -0.05) is 29.8 Å². The minimum atomic E-state index is -4.65. The molecule has 0 spiro atoms. The molecule has 0 unspecified atom stereocenters. The minimum absolute atomic E-state index is 0.216. The van der Waals surface area contributed by atoms with E-state index in [-0.39, 0.29) is 5.75 Å². The molecular formula is C16H16F3NO. The van der Waals surface area contributed by atoms with Crippen LogP contribution in [0.15, 0.2) is 48.5 Å². The van der Waals surface area contributed by atoms with Crippen LogP contribution in [0.3, 0.4) is 0 Å². The highest BCUT2D eigenvalue weighted by Gasteiger charge is 2.30. The summed E-state index contributed by atoms with van der Waals surface area (Å²) >= 11 is 0. The SMILES string of the molecule is Cc1ccc(CCNc2ccc(OC(F)(F)F)cc2)cc1. The number of hydrogen-bond donors (Lipinski definition) is 1. The first kappa shape index (κ1) is 15.2. The number of nitrogens with one attached hydrogen (secondary N) is 1. The number of rotatable bonds is 5. The highest BCUT2D eigenvalue weighted by Crippen LogP contribution is 2.23. The van der Waals surface area contributed by atoms with Gasteiger partial charge in [-0.25, -0.2) is 0 Å². The molecule has 5 heteroatoms. The van der Waals surface area contributed by atoms with E-state index in [0.29, 0.717) is 6.54 Å². The molecule has 0 radical (unpaired) electrons. The van der Waals surface area contributed by atoms with Crippen LogP contribution in [-0.2, 0) is 6.42 Å². The van der Waals surface area contributed by atoms with Gasteiger partial charge in [0.15, 0.2) is 0 Å². The van der Waals surface area contributed by atoms with E-state index < -0.39 is 6.36 Å². The quantitative estimate of drug-likeness (QED) is 0.874. The summed E-state index contributed by atoms with van der Waals surface area (Å²) in [4.78, 5) is 0. The van der Waals surface area contributed by atoms with Gasteiger partial charge in [0.2, 0.25) is 0 Å². The maximum atomic E-state index is 12.0. The molecule has 2 nitrogen and oxygen atoms in total. The lowest BCUT2D eigenvalue weighted by Gasteiger charge is -2.10. The van der Waals surface area contributed by atoms with Crippen LogP contribution >= 0.6 is 0 Å². The van der Waals surface area contributed by atoms with Gasteiger partial charge in [-0.2, -0.15) is 0 Å². The number of benzene rings is 2. The van der Waals surface area contributed by atoms with Gasteiger partial charge >= 0.3 is 6.36 Å². The van der Waals surface area contributed by atoms with E-state index in [1.165, 1.54) is 23.3 Å². The Balaban J connectivity index is 1.82. The monoisotopic (exact) mass is 295 g/mol. The molecule has 2 aromatic rings. The van der Waals surface area contributed by atoms with E-state index in [2.05, 4.69) is 34.3 Å². The lowest BCUT2D eigenvalue weighted by atomic mass is 10.1. The van der Waals surface area contributed by atoms with Gasteiger partial charge in [0.1, 0.15) is 5.75 Å². The van der Waals surface area contributed by atoms with Crippen molar-refractivity contribution in [1.29, 1.82) is 0 Å². The molecule has 0 aliphatic rings. The Kier molecular flexibility index (Phi) is 4.73.